The third kappa shape index (κ3) is 7.57. The Bertz CT molecular complexity index is 1690. The summed E-state index contributed by atoms with van der Waals surface area (Å²) in [5.41, 5.74) is 3.85. The Balaban J connectivity index is 1.50. The van der Waals surface area contributed by atoms with Crippen LogP contribution in [0.1, 0.15) is 83.6 Å². The molecule has 1 unspecified atom stereocenters. The number of hydrogen-bond donors (Lipinski definition) is 4. The number of aromatic nitrogens is 2. The first-order chi connectivity index (χ1) is 23.1. The van der Waals surface area contributed by atoms with Gasteiger partial charge >= 0.3 is 6.03 Å². The van der Waals surface area contributed by atoms with Crippen molar-refractivity contribution in [3.05, 3.63) is 76.6 Å². The summed E-state index contributed by atoms with van der Waals surface area (Å²) < 4.78 is 1.56. The fourth-order valence-corrected chi connectivity index (χ4v) is 6.11. The number of hydrogen-bond acceptors (Lipinski definition) is 7. The summed E-state index contributed by atoms with van der Waals surface area (Å²) in [5, 5.41) is 22.3. The molecule has 2 aliphatic heterocycles. The molecule has 1 saturated heterocycles. The number of rotatable bonds is 13. The number of urea groups is 1. The van der Waals surface area contributed by atoms with Crippen LogP contribution >= 0.6 is 0 Å². The SMILES string of the molecule is CCCCN(CCCC)C(=O)c1cc(C)n(-c2ccc(NC(=O)CC3NC(=O)NC3=O)cc2C(=O)N2Cc3ccccc3C[C@H]2CO)n1. The first kappa shape index (κ1) is 34.3. The van der Waals surface area contributed by atoms with E-state index in [1.54, 1.807) is 27.8 Å². The summed E-state index contributed by atoms with van der Waals surface area (Å²) in [4.78, 5) is 67.9. The van der Waals surface area contributed by atoms with E-state index in [1.807, 2.05) is 36.1 Å². The highest BCUT2D eigenvalue weighted by molar-refractivity contribution is 6.07. The minimum atomic E-state index is -1.01. The van der Waals surface area contributed by atoms with Gasteiger partial charge in [-0.25, -0.2) is 9.48 Å². The van der Waals surface area contributed by atoms with Crippen LogP contribution in [-0.4, -0.2) is 86.1 Å². The molecule has 254 valence electrons. The zero-order valence-electron chi connectivity index (χ0n) is 27.6. The van der Waals surface area contributed by atoms with Gasteiger partial charge in [0.25, 0.3) is 17.7 Å². The van der Waals surface area contributed by atoms with Crippen LogP contribution in [0.2, 0.25) is 0 Å². The van der Waals surface area contributed by atoms with E-state index in [0.29, 0.717) is 36.6 Å². The van der Waals surface area contributed by atoms with Gasteiger partial charge in [-0.1, -0.05) is 51.0 Å². The van der Waals surface area contributed by atoms with Crippen LogP contribution in [0.25, 0.3) is 5.69 Å². The normalized spacial score (nSPS) is 17.0. The maximum absolute atomic E-state index is 14.5. The number of aliphatic hydroxyl groups is 1. The Labute approximate surface area is 279 Å². The number of anilines is 1. The first-order valence-electron chi connectivity index (χ1n) is 16.5. The van der Waals surface area contributed by atoms with Gasteiger partial charge in [-0.05, 0) is 61.6 Å². The van der Waals surface area contributed by atoms with Gasteiger partial charge in [0.1, 0.15) is 6.04 Å². The summed E-state index contributed by atoms with van der Waals surface area (Å²) in [6.45, 7) is 7.26. The number of imide groups is 1. The number of aryl methyl sites for hydroxylation is 1. The van der Waals surface area contributed by atoms with Crippen molar-refractivity contribution in [2.75, 3.05) is 25.0 Å². The second kappa shape index (κ2) is 15.2. The average Bonchev–Trinajstić information content (AvgIpc) is 3.62. The topological polar surface area (TPSA) is 166 Å². The molecule has 0 spiro atoms. The molecular weight excluding hydrogens is 614 g/mol. The summed E-state index contributed by atoms with van der Waals surface area (Å²) in [7, 11) is 0. The van der Waals surface area contributed by atoms with Gasteiger partial charge in [0.15, 0.2) is 5.69 Å². The molecule has 5 rings (SSSR count). The molecule has 0 radical (unpaired) electrons. The Hall–Kier alpha value is -5.04. The van der Waals surface area contributed by atoms with Crippen LogP contribution in [0.4, 0.5) is 10.5 Å². The van der Waals surface area contributed by atoms with Crippen LogP contribution in [0.5, 0.6) is 0 Å². The Morgan fingerprint density at radius 1 is 1.02 bits per heavy atom. The van der Waals surface area contributed by atoms with Gasteiger partial charge in [0.2, 0.25) is 5.91 Å². The second-order valence-corrected chi connectivity index (χ2v) is 12.3. The first-order valence-corrected chi connectivity index (χ1v) is 16.5. The third-order valence-corrected chi connectivity index (χ3v) is 8.77. The van der Waals surface area contributed by atoms with Gasteiger partial charge in [-0.2, -0.15) is 5.10 Å². The van der Waals surface area contributed by atoms with Crippen molar-refractivity contribution < 1.29 is 29.1 Å². The molecular formula is C35H43N7O6. The van der Waals surface area contributed by atoms with Crippen molar-refractivity contribution in [2.45, 2.75) is 77.9 Å². The highest BCUT2D eigenvalue weighted by Gasteiger charge is 2.33. The number of carbonyl (C=O) groups is 5. The molecule has 3 heterocycles. The maximum Gasteiger partial charge on any atom is 0.322 e. The highest BCUT2D eigenvalue weighted by atomic mass is 16.3. The highest BCUT2D eigenvalue weighted by Crippen LogP contribution is 2.29. The van der Waals surface area contributed by atoms with Crippen molar-refractivity contribution >= 4 is 35.3 Å². The predicted octanol–water partition coefficient (Wildman–Crippen LogP) is 3.32. The van der Waals surface area contributed by atoms with E-state index in [0.717, 1.165) is 36.8 Å². The lowest BCUT2D eigenvalue weighted by Crippen LogP contribution is -2.46. The third-order valence-electron chi connectivity index (χ3n) is 8.77. The minimum absolute atomic E-state index is 0.175. The van der Waals surface area contributed by atoms with Crippen LogP contribution in [0, 0.1) is 6.92 Å². The molecule has 2 aliphatic rings. The Kier molecular flexibility index (Phi) is 10.9. The number of fused-ring (bicyclic) bond motifs is 1. The fraction of sp³-hybridized carbons (Fsp3) is 0.429. The molecule has 13 heteroatoms. The molecule has 4 N–H and O–H groups in total. The molecule has 2 atom stereocenters. The molecule has 3 aromatic rings. The summed E-state index contributed by atoms with van der Waals surface area (Å²) in [6.07, 6.45) is 3.85. The van der Waals surface area contributed by atoms with Gasteiger partial charge < -0.3 is 25.5 Å². The standard InChI is InChI=1S/C35H43N7O6/c1-4-6-14-40(15-7-5-2)34(47)29-16-22(3)42(39-29)30-13-12-25(36-31(44)19-28-32(45)38-35(48)37-28)18-27(30)33(46)41-20-24-11-9-8-10-23(24)17-26(41)21-43/h8-13,16,18,26,28,43H,4-7,14-15,17,19-21H2,1-3H3,(H,36,44)(H2,37,38,45,48)/t26-,28?/m0/s1. The Morgan fingerprint density at radius 2 is 1.73 bits per heavy atom. The lowest BCUT2D eigenvalue weighted by Gasteiger charge is -2.36. The largest absolute Gasteiger partial charge is 0.394 e. The molecule has 1 fully saturated rings. The molecule has 0 aliphatic carbocycles. The van der Waals surface area contributed by atoms with Crippen LogP contribution < -0.4 is 16.0 Å². The average molecular weight is 658 g/mol. The number of nitrogens with zero attached hydrogens (tertiary/aromatic N) is 4. The van der Waals surface area contributed by atoms with E-state index >= 15 is 0 Å². The monoisotopic (exact) mass is 657 g/mol. The van der Waals surface area contributed by atoms with Gasteiger partial charge in [-0.3, -0.25) is 24.5 Å². The van der Waals surface area contributed by atoms with Crippen molar-refractivity contribution in [3.63, 3.8) is 0 Å². The van der Waals surface area contributed by atoms with Gasteiger partial charge in [0.05, 0.1) is 30.3 Å². The van der Waals surface area contributed by atoms with Crippen molar-refractivity contribution in [1.29, 1.82) is 0 Å². The molecule has 1 aromatic heterocycles. The fourth-order valence-electron chi connectivity index (χ4n) is 6.11. The Morgan fingerprint density at radius 3 is 2.38 bits per heavy atom. The smallest absolute Gasteiger partial charge is 0.322 e. The zero-order valence-corrected chi connectivity index (χ0v) is 27.6. The molecule has 6 amide bonds. The van der Waals surface area contributed by atoms with E-state index in [-0.39, 0.29) is 42.6 Å². The minimum Gasteiger partial charge on any atom is -0.394 e. The van der Waals surface area contributed by atoms with E-state index in [1.165, 1.54) is 6.07 Å². The summed E-state index contributed by atoms with van der Waals surface area (Å²) in [5.74, 6) is -1.69. The van der Waals surface area contributed by atoms with Crippen LogP contribution in [0.15, 0.2) is 48.5 Å². The number of carbonyl (C=O) groups excluding carboxylic acids is 5. The molecule has 0 saturated carbocycles. The number of nitrogens with one attached hydrogen (secondary N) is 3. The van der Waals surface area contributed by atoms with Crippen molar-refractivity contribution in [1.82, 2.24) is 30.2 Å². The van der Waals surface area contributed by atoms with E-state index in [4.69, 9.17) is 0 Å². The number of unbranched alkanes of at least 4 members (excludes halogenated alkanes) is 2. The predicted molar refractivity (Wildman–Crippen MR) is 179 cm³/mol. The molecule has 2 aromatic carbocycles. The van der Waals surface area contributed by atoms with E-state index in [2.05, 4.69) is 34.9 Å². The maximum atomic E-state index is 14.5. The number of aliphatic hydroxyl groups excluding tert-OH is 1. The van der Waals surface area contributed by atoms with Crippen LogP contribution in [-0.2, 0) is 22.6 Å². The lowest BCUT2D eigenvalue weighted by atomic mass is 9.93. The molecule has 0 bridgehead atoms. The van der Waals surface area contributed by atoms with Crippen LogP contribution in [0.3, 0.4) is 0 Å². The van der Waals surface area contributed by atoms with E-state index in [9.17, 15) is 29.1 Å². The van der Waals surface area contributed by atoms with Gasteiger partial charge in [0, 0.05) is 31.0 Å². The number of amides is 6. The van der Waals surface area contributed by atoms with E-state index < -0.39 is 29.9 Å². The lowest BCUT2D eigenvalue weighted by molar-refractivity contribution is -0.124. The van der Waals surface area contributed by atoms with Crippen molar-refractivity contribution in [3.8, 4) is 5.69 Å². The molecule has 13 nitrogen and oxygen atoms in total. The second-order valence-electron chi connectivity index (χ2n) is 12.3. The van der Waals surface area contributed by atoms with Gasteiger partial charge in [-0.15, -0.1) is 0 Å². The summed E-state index contributed by atoms with van der Waals surface area (Å²) in [6, 6.07) is 12.2. The van der Waals surface area contributed by atoms with Crippen molar-refractivity contribution in [2.24, 2.45) is 0 Å². The quantitative estimate of drug-likeness (QED) is 0.205. The summed E-state index contributed by atoms with van der Waals surface area (Å²) >= 11 is 0. The zero-order chi connectivity index (χ0) is 34.4. The number of benzene rings is 2. The molecule has 48 heavy (non-hydrogen) atoms.